The summed E-state index contributed by atoms with van der Waals surface area (Å²) in [5.74, 6) is 2.20. The fourth-order valence-electron chi connectivity index (χ4n) is 2.35. The van der Waals surface area contributed by atoms with E-state index in [1.807, 2.05) is 0 Å². The SMILES string of the molecule is CCc1ccc(CN(CC)C2CCNC2)o1. The van der Waals surface area contributed by atoms with E-state index in [-0.39, 0.29) is 0 Å². The molecule has 1 N–H and O–H groups in total. The van der Waals surface area contributed by atoms with Crippen LogP contribution in [0.2, 0.25) is 0 Å². The Balaban J connectivity index is 1.94. The van der Waals surface area contributed by atoms with E-state index >= 15 is 0 Å². The van der Waals surface area contributed by atoms with E-state index in [0.717, 1.165) is 44.1 Å². The summed E-state index contributed by atoms with van der Waals surface area (Å²) in [7, 11) is 0. The predicted octanol–water partition coefficient (Wildman–Crippen LogP) is 2.03. The van der Waals surface area contributed by atoms with Gasteiger partial charge in [0.25, 0.3) is 0 Å². The molecule has 1 aliphatic heterocycles. The standard InChI is InChI=1S/C13H22N2O/c1-3-12-5-6-13(16-12)10-15(4-2)11-7-8-14-9-11/h5-6,11,14H,3-4,7-10H2,1-2H3. The van der Waals surface area contributed by atoms with E-state index in [4.69, 9.17) is 4.42 Å². The minimum atomic E-state index is 0.681. The first-order chi connectivity index (χ1) is 7.83. The Bertz CT molecular complexity index is 315. The van der Waals surface area contributed by atoms with Crippen molar-refractivity contribution in [3.8, 4) is 0 Å². The zero-order chi connectivity index (χ0) is 11.4. The molecule has 0 aromatic carbocycles. The molecule has 3 nitrogen and oxygen atoms in total. The predicted molar refractivity (Wildman–Crippen MR) is 65.4 cm³/mol. The van der Waals surface area contributed by atoms with Gasteiger partial charge in [0.2, 0.25) is 0 Å². The lowest BCUT2D eigenvalue weighted by Gasteiger charge is -2.25. The summed E-state index contributed by atoms with van der Waals surface area (Å²) < 4.78 is 5.76. The molecule has 1 aliphatic rings. The average molecular weight is 222 g/mol. The van der Waals surface area contributed by atoms with Crippen molar-refractivity contribution in [3.63, 3.8) is 0 Å². The number of likely N-dealkylation sites (N-methyl/N-ethyl adjacent to an activating group) is 1. The number of nitrogens with one attached hydrogen (secondary N) is 1. The molecule has 1 unspecified atom stereocenters. The topological polar surface area (TPSA) is 28.4 Å². The van der Waals surface area contributed by atoms with Crippen molar-refractivity contribution < 1.29 is 4.42 Å². The van der Waals surface area contributed by atoms with E-state index in [2.05, 4.69) is 36.2 Å². The number of rotatable bonds is 5. The minimum absolute atomic E-state index is 0.681. The van der Waals surface area contributed by atoms with Crippen LogP contribution < -0.4 is 5.32 Å². The van der Waals surface area contributed by atoms with Crippen molar-refractivity contribution >= 4 is 0 Å². The molecule has 90 valence electrons. The zero-order valence-corrected chi connectivity index (χ0v) is 10.3. The normalized spacial score (nSPS) is 20.8. The molecule has 0 aliphatic carbocycles. The van der Waals surface area contributed by atoms with Crippen LogP contribution in [-0.4, -0.2) is 30.6 Å². The van der Waals surface area contributed by atoms with Gasteiger partial charge in [0.15, 0.2) is 0 Å². The average Bonchev–Trinajstić information content (AvgIpc) is 2.96. The molecule has 0 radical (unpaired) electrons. The summed E-state index contributed by atoms with van der Waals surface area (Å²) in [6.45, 7) is 8.66. The van der Waals surface area contributed by atoms with Crippen LogP contribution in [0.1, 0.15) is 31.8 Å². The van der Waals surface area contributed by atoms with Gasteiger partial charge in [-0.15, -0.1) is 0 Å². The Morgan fingerprint density at radius 1 is 1.38 bits per heavy atom. The molecule has 0 bridgehead atoms. The molecule has 3 heteroatoms. The van der Waals surface area contributed by atoms with Gasteiger partial charge in [0.1, 0.15) is 11.5 Å². The maximum atomic E-state index is 5.76. The number of nitrogens with zero attached hydrogens (tertiary/aromatic N) is 1. The van der Waals surface area contributed by atoms with Gasteiger partial charge in [-0.05, 0) is 31.6 Å². The summed E-state index contributed by atoms with van der Waals surface area (Å²) >= 11 is 0. The van der Waals surface area contributed by atoms with E-state index in [1.54, 1.807) is 0 Å². The highest BCUT2D eigenvalue weighted by Crippen LogP contribution is 2.15. The summed E-state index contributed by atoms with van der Waals surface area (Å²) in [5.41, 5.74) is 0. The second kappa shape index (κ2) is 5.51. The van der Waals surface area contributed by atoms with Gasteiger partial charge in [0, 0.05) is 19.0 Å². The molecule has 1 atom stereocenters. The maximum Gasteiger partial charge on any atom is 0.118 e. The zero-order valence-electron chi connectivity index (χ0n) is 10.3. The van der Waals surface area contributed by atoms with E-state index < -0.39 is 0 Å². The van der Waals surface area contributed by atoms with Gasteiger partial charge in [-0.3, -0.25) is 4.90 Å². The first kappa shape index (κ1) is 11.7. The molecule has 0 saturated carbocycles. The highest BCUT2D eigenvalue weighted by atomic mass is 16.3. The first-order valence-corrected chi connectivity index (χ1v) is 6.35. The molecule has 0 amide bonds. The van der Waals surface area contributed by atoms with Crippen LogP contribution in [0.3, 0.4) is 0 Å². The van der Waals surface area contributed by atoms with Crippen LogP contribution in [0.5, 0.6) is 0 Å². The molecule has 2 heterocycles. The van der Waals surface area contributed by atoms with E-state index in [0.29, 0.717) is 6.04 Å². The molecular formula is C13H22N2O. The Morgan fingerprint density at radius 2 is 2.19 bits per heavy atom. The Hall–Kier alpha value is -0.800. The summed E-state index contributed by atoms with van der Waals surface area (Å²) in [5, 5.41) is 3.42. The molecule has 1 fully saturated rings. The number of furan rings is 1. The lowest BCUT2D eigenvalue weighted by Crippen LogP contribution is -2.36. The summed E-state index contributed by atoms with van der Waals surface area (Å²) in [6.07, 6.45) is 2.24. The smallest absolute Gasteiger partial charge is 0.118 e. The molecule has 1 aromatic heterocycles. The molecule has 1 saturated heterocycles. The van der Waals surface area contributed by atoms with Gasteiger partial charge < -0.3 is 9.73 Å². The van der Waals surface area contributed by atoms with Crippen LogP contribution in [0.15, 0.2) is 16.5 Å². The molecule has 16 heavy (non-hydrogen) atoms. The Morgan fingerprint density at radius 3 is 2.75 bits per heavy atom. The highest BCUT2D eigenvalue weighted by molar-refractivity contribution is 5.07. The summed E-state index contributed by atoms with van der Waals surface area (Å²) in [4.78, 5) is 2.50. The van der Waals surface area contributed by atoms with Crippen LogP contribution in [0.4, 0.5) is 0 Å². The van der Waals surface area contributed by atoms with Crippen LogP contribution in [-0.2, 0) is 13.0 Å². The highest BCUT2D eigenvalue weighted by Gasteiger charge is 2.21. The third-order valence-electron chi connectivity index (χ3n) is 3.38. The largest absolute Gasteiger partial charge is 0.465 e. The lowest BCUT2D eigenvalue weighted by molar-refractivity contribution is 0.193. The number of hydrogen-bond donors (Lipinski definition) is 1. The molecular weight excluding hydrogens is 200 g/mol. The fourth-order valence-corrected chi connectivity index (χ4v) is 2.35. The van der Waals surface area contributed by atoms with Crippen LogP contribution >= 0.6 is 0 Å². The fraction of sp³-hybridized carbons (Fsp3) is 0.692. The van der Waals surface area contributed by atoms with Gasteiger partial charge in [-0.25, -0.2) is 0 Å². The van der Waals surface area contributed by atoms with Crippen molar-refractivity contribution in [3.05, 3.63) is 23.7 Å². The first-order valence-electron chi connectivity index (χ1n) is 6.35. The molecule has 1 aromatic rings. The lowest BCUT2D eigenvalue weighted by atomic mass is 10.2. The van der Waals surface area contributed by atoms with Crippen molar-refractivity contribution in [1.29, 1.82) is 0 Å². The summed E-state index contributed by atoms with van der Waals surface area (Å²) in [6, 6.07) is 4.89. The molecule has 0 spiro atoms. The van der Waals surface area contributed by atoms with Crippen molar-refractivity contribution in [2.75, 3.05) is 19.6 Å². The molecule has 2 rings (SSSR count). The van der Waals surface area contributed by atoms with Crippen molar-refractivity contribution in [2.24, 2.45) is 0 Å². The van der Waals surface area contributed by atoms with Crippen LogP contribution in [0.25, 0.3) is 0 Å². The minimum Gasteiger partial charge on any atom is -0.465 e. The van der Waals surface area contributed by atoms with Gasteiger partial charge in [-0.2, -0.15) is 0 Å². The van der Waals surface area contributed by atoms with Crippen LogP contribution in [0, 0.1) is 0 Å². The van der Waals surface area contributed by atoms with E-state index in [9.17, 15) is 0 Å². The second-order valence-corrected chi connectivity index (χ2v) is 4.43. The number of hydrogen-bond acceptors (Lipinski definition) is 3. The monoisotopic (exact) mass is 222 g/mol. The quantitative estimate of drug-likeness (QED) is 0.826. The van der Waals surface area contributed by atoms with Crippen molar-refractivity contribution in [2.45, 2.75) is 39.3 Å². The number of aryl methyl sites for hydroxylation is 1. The van der Waals surface area contributed by atoms with Gasteiger partial charge in [-0.1, -0.05) is 13.8 Å². The Labute approximate surface area is 97.8 Å². The third-order valence-corrected chi connectivity index (χ3v) is 3.38. The second-order valence-electron chi connectivity index (χ2n) is 4.43. The third kappa shape index (κ3) is 2.66. The van der Waals surface area contributed by atoms with E-state index in [1.165, 1.54) is 6.42 Å². The van der Waals surface area contributed by atoms with Gasteiger partial charge >= 0.3 is 0 Å². The maximum absolute atomic E-state index is 5.76. The van der Waals surface area contributed by atoms with Crippen molar-refractivity contribution in [1.82, 2.24) is 10.2 Å². The van der Waals surface area contributed by atoms with Gasteiger partial charge in [0.05, 0.1) is 6.54 Å². The Kier molecular flexibility index (Phi) is 4.02.